The average molecular weight is 401 g/mol. The average Bonchev–Trinajstić information content (AvgIpc) is 2.98. The predicted molar refractivity (Wildman–Crippen MR) is 103 cm³/mol. The second kappa shape index (κ2) is 8.19. The van der Waals surface area contributed by atoms with Gasteiger partial charge in [0, 0.05) is 26.1 Å². The molecule has 2 heterocycles. The summed E-state index contributed by atoms with van der Waals surface area (Å²) in [6.07, 6.45) is 2.47. The van der Waals surface area contributed by atoms with Gasteiger partial charge in [0.15, 0.2) is 0 Å². The molecule has 0 aliphatic carbocycles. The number of thioether (sulfide) groups is 1. The number of nitrogens with zero attached hydrogens (tertiary/aromatic N) is 2. The minimum Gasteiger partial charge on any atom is -0.343 e. The number of piperidine rings is 1. The fourth-order valence-corrected chi connectivity index (χ4v) is 4.96. The first kappa shape index (κ1) is 18.9. The van der Waals surface area contributed by atoms with Crippen LogP contribution in [0.5, 0.6) is 0 Å². The fraction of sp³-hybridized carbons (Fsp3) is 0.556. The summed E-state index contributed by atoms with van der Waals surface area (Å²) >= 11 is 13.8. The summed E-state index contributed by atoms with van der Waals surface area (Å²) in [5.74, 6) is 1.33. The molecule has 1 aromatic rings. The van der Waals surface area contributed by atoms with Gasteiger partial charge < -0.3 is 9.80 Å². The first-order chi connectivity index (χ1) is 12.0. The van der Waals surface area contributed by atoms with Crippen molar-refractivity contribution in [3.63, 3.8) is 0 Å². The maximum atomic E-state index is 12.4. The van der Waals surface area contributed by atoms with Crippen LogP contribution in [0.3, 0.4) is 0 Å². The Balaban J connectivity index is 1.65. The Hall–Kier alpha value is -0.910. The maximum Gasteiger partial charge on any atom is 0.233 e. The molecule has 1 aromatic carbocycles. The van der Waals surface area contributed by atoms with Crippen LogP contribution in [0.4, 0.5) is 0 Å². The van der Waals surface area contributed by atoms with Crippen LogP contribution in [0.1, 0.15) is 37.1 Å². The van der Waals surface area contributed by atoms with E-state index in [1.54, 1.807) is 17.8 Å². The lowest BCUT2D eigenvalue weighted by Crippen LogP contribution is -2.42. The topological polar surface area (TPSA) is 40.6 Å². The molecule has 7 heteroatoms. The van der Waals surface area contributed by atoms with Crippen LogP contribution in [0.2, 0.25) is 10.0 Å². The van der Waals surface area contributed by atoms with Crippen LogP contribution >= 0.6 is 35.0 Å². The number of halogens is 2. The molecular formula is C18H22Cl2N2O2S. The van der Waals surface area contributed by atoms with Gasteiger partial charge in [-0.05, 0) is 36.5 Å². The van der Waals surface area contributed by atoms with Crippen LogP contribution < -0.4 is 0 Å². The normalized spacial score (nSPS) is 21.9. The number of likely N-dealkylation sites (tertiary alicyclic amines) is 1. The monoisotopic (exact) mass is 400 g/mol. The molecule has 0 aromatic heterocycles. The molecule has 3 rings (SSSR count). The Labute approximate surface area is 162 Å². The van der Waals surface area contributed by atoms with Crippen molar-refractivity contribution in [3.8, 4) is 0 Å². The highest BCUT2D eigenvalue weighted by Crippen LogP contribution is 2.41. The molecular weight excluding hydrogens is 379 g/mol. The summed E-state index contributed by atoms with van der Waals surface area (Å²) in [6, 6.07) is 5.59. The van der Waals surface area contributed by atoms with Crippen LogP contribution in [-0.2, 0) is 9.59 Å². The minimum atomic E-state index is -0.00225. The number of rotatable bonds is 4. The Morgan fingerprint density at radius 3 is 2.60 bits per heavy atom. The molecule has 0 spiro atoms. The highest BCUT2D eigenvalue weighted by Gasteiger charge is 2.35. The molecule has 1 atom stereocenters. The number of carbonyl (C=O) groups is 2. The molecule has 136 valence electrons. The molecule has 0 saturated carbocycles. The summed E-state index contributed by atoms with van der Waals surface area (Å²) in [7, 11) is 0. The van der Waals surface area contributed by atoms with Crippen molar-refractivity contribution in [1.29, 1.82) is 0 Å². The van der Waals surface area contributed by atoms with E-state index < -0.39 is 0 Å². The lowest BCUT2D eigenvalue weighted by molar-refractivity contribution is -0.133. The molecule has 2 saturated heterocycles. The number of amides is 2. The molecule has 2 fully saturated rings. The Kier molecular flexibility index (Phi) is 6.18. The summed E-state index contributed by atoms with van der Waals surface area (Å²) in [5.41, 5.74) is 1.02. The van der Waals surface area contributed by atoms with Crippen molar-refractivity contribution in [1.82, 2.24) is 9.80 Å². The van der Waals surface area contributed by atoms with E-state index in [1.165, 1.54) is 0 Å². The molecule has 2 aliphatic rings. The lowest BCUT2D eigenvalue weighted by atomic mass is 9.95. The Morgan fingerprint density at radius 2 is 1.96 bits per heavy atom. The van der Waals surface area contributed by atoms with Gasteiger partial charge >= 0.3 is 0 Å². The van der Waals surface area contributed by atoms with E-state index in [0.29, 0.717) is 28.1 Å². The molecule has 0 bridgehead atoms. The molecule has 0 N–H and O–H groups in total. The second-order valence-electron chi connectivity index (χ2n) is 6.56. The molecule has 4 nitrogen and oxygen atoms in total. The van der Waals surface area contributed by atoms with Gasteiger partial charge in [-0.3, -0.25) is 9.59 Å². The highest BCUT2D eigenvalue weighted by atomic mass is 35.5. The van der Waals surface area contributed by atoms with E-state index in [4.69, 9.17) is 23.2 Å². The predicted octanol–water partition coefficient (Wildman–Crippen LogP) is 4.22. The summed E-state index contributed by atoms with van der Waals surface area (Å²) < 4.78 is 0. The van der Waals surface area contributed by atoms with E-state index >= 15 is 0 Å². The molecule has 0 radical (unpaired) electrons. The zero-order valence-corrected chi connectivity index (χ0v) is 16.5. The first-order valence-electron chi connectivity index (χ1n) is 8.63. The van der Waals surface area contributed by atoms with E-state index in [9.17, 15) is 9.59 Å². The van der Waals surface area contributed by atoms with Crippen LogP contribution in [0.25, 0.3) is 0 Å². The zero-order valence-electron chi connectivity index (χ0n) is 14.2. The van der Waals surface area contributed by atoms with Crippen LogP contribution in [0.15, 0.2) is 18.2 Å². The van der Waals surface area contributed by atoms with Gasteiger partial charge in [-0.2, -0.15) is 0 Å². The zero-order chi connectivity index (χ0) is 18.0. The highest BCUT2D eigenvalue weighted by molar-refractivity contribution is 8.00. The number of carbonyl (C=O) groups excluding carboxylic acids is 2. The van der Waals surface area contributed by atoms with Crippen molar-refractivity contribution in [2.24, 2.45) is 5.92 Å². The quantitative estimate of drug-likeness (QED) is 0.759. The van der Waals surface area contributed by atoms with Crippen molar-refractivity contribution in [2.75, 3.05) is 25.4 Å². The standard InChI is InChI=1S/C18H22Cl2N2O2S/c1-2-16(23)21-7-5-12(6-8-21)10-22-17(24)11-25-18(22)13-3-4-14(19)15(20)9-13/h3-4,9,12,18H,2,5-8,10-11H2,1H3/t18-/m0/s1. The summed E-state index contributed by atoms with van der Waals surface area (Å²) in [4.78, 5) is 28.1. The molecule has 2 aliphatic heterocycles. The molecule has 0 unspecified atom stereocenters. The Morgan fingerprint density at radius 1 is 1.24 bits per heavy atom. The third-order valence-corrected chi connectivity index (χ3v) is 6.92. The number of hydrogen-bond donors (Lipinski definition) is 0. The van der Waals surface area contributed by atoms with E-state index in [2.05, 4.69) is 0 Å². The SMILES string of the molecule is CCC(=O)N1CCC(CN2C(=O)CS[C@H]2c2ccc(Cl)c(Cl)c2)CC1. The smallest absolute Gasteiger partial charge is 0.233 e. The van der Waals surface area contributed by atoms with Gasteiger partial charge in [0.2, 0.25) is 11.8 Å². The summed E-state index contributed by atoms with van der Waals surface area (Å²) in [5, 5.41) is 1.04. The van der Waals surface area contributed by atoms with Crippen molar-refractivity contribution in [2.45, 2.75) is 31.6 Å². The van der Waals surface area contributed by atoms with Crippen LogP contribution in [0, 0.1) is 5.92 Å². The van der Waals surface area contributed by atoms with E-state index in [0.717, 1.165) is 38.0 Å². The van der Waals surface area contributed by atoms with Gasteiger partial charge in [0.25, 0.3) is 0 Å². The summed E-state index contributed by atoms with van der Waals surface area (Å²) in [6.45, 7) is 4.23. The molecule has 2 amide bonds. The number of hydrogen-bond acceptors (Lipinski definition) is 3. The van der Waals surface area contributed by atoms with Crippen molar-refractivity contribution >= 4 is 46.8 Å². The van der Waals surface area contributed by atoms with Gasteiger partial charge in [0.1, 0.15) is 5.37 Å². The fourth-order valence-electron chi connectivity index (χ4n) is 3.46. The largest absolute Gasteiger partial charge is 0.343 e. The third kappa shape index (κ3) is 4.26. The van der Waals surface area contributed by atoms with Gasteiger partial charge in [-0.15, -0.1) is 11.8 Å². The Bertz CT molecular complexity index is 662. The molecule has 25 heavy (non-hydrogen) atoms. The number of benzene rings is 1. The third-order valence-electron chi connectivity index (χ3n) is 4.92. The van der Waals surface area contributed by atoms with Gasteiger partial charge in [-0.1, -0.05) is 36.2 Å². The van der Waals surface area contributed by atoms with Crippen LogP contribution in [-0.4, -0.2) is 47.0 Å². The van der Waals surface area contributed by atoms with Crippen molar-refractivity contribution < 1.29 is 9.59 Å². The van der Waals surface area contributed by atoms with E-state index in [1.807, 2.05) is 28.9 Å². The van der Waals surface area contributed by atoms with Gasteiger partial charge in [-0.25, -0.2) is 0 Å². The lowest BCUT2D eigenvalue weighted by Gasteiger charge is -2.35. The van der Waals surface area contributed by atoms with E-state index in [-0.39, 0.29) is 17.2 Å². The first-order valence-corrected chi connectivity index (χ1v) is 10.4. The van der Waals surface area contributed by atoms with Gasteiger partial charge in [0.05, 0.1) is 15.8 Å². The minimum absolute atomic E-state index is 0.00225. The second-order valence-corrected chi connectivity index (χ2v) is 8.44. The maximum absolute atomic E-state index is 12.4. The van der Waals surface area contributed by atoms with Crippen molar-refractivity contribution in [3.05, 3.63) is 33.8 Å².